The van der Waals surface area contributed by atoms with Crippen molar-refractivity contribution in [1.29, 1.82) is 0 Å². The van der Waals surface area contributed by atoms with Gasteiger partial charge in [0, 0.05) is 19.3 Å². The fourth-order valence-corrected chi connectivity index (χ4v) is 3.01. The summed E-state index contributed by atoms with van der Waals surface area (Å²) in [4.78, 5) is 25.1. The van der Waals surface area contributed by atoms with E-state index in [0.29, 0.717) is 31.7 Å². The number of aromatic nitrogens is 2. The Labute approximate surface area is 141 Å². The van der Waals surface area contributed by atoms with Gasteiger partial charge in [-0.15, -0.1) is 0 Å². The van der Waals surface area contributed by atoms with E-state index in [-0.39, 0.29) is 18.2 Å². The maximum atomic E-state index is 12.4. The van der Waals surface area contributed by atoms with Gasteiger partial charge < -0.3 is 14.4 Å². The zero-order chi connectivity index (χ0) is 16.4. The van der Waals surface area contributed by atoms with Gasteiger partial charge in [-0.1, -0.05) is 0 Å². The molecule has 0 radical (unpaired) electrons. The van der Waals surface area contributed by atoms with E-state index >= 15 is 0 Å². The SMILES string of the molecule is O=C(O)C1CCCN(C(=O)c2ccc(Cn3cc(Br)cn3)o2)C1. The lowest BCUT2D eigenvalue weighted by molar-refractivity contribution is -0.143. The van der Waals surface area contributed by atoms with Crippen molar-refractivity contribution in [1.82, 2.24) is 14.7 Å². The summed E-state index contributed by atoms with van der Waals surface area (Å²) in [5.74, 6) is -0.757. The third-order valence-electron chi connectivity index (χ3n) is 3.85. The summed E-state index contributed by atoms with van der Waals surface area (Å²) in [7, 11) is 0. The molecule has 1 saturated heterocycles. The number of halogens is 1. The number of nitrogens with zero attached hydrogens (tertiary/aromatic N) is 3. The first-order chi connectivity index (χ1) is 11.0. The van der Waals surface area contributed by atoms with Crippen molar-refractivity contribution in [3.05, 3.63) is 40.5 Å². The van der Waals surface area contributed by atoms with E-state index in [0.717, 1.165) is 4.47 Å². The number of likely N-dealkylation sites (tertiary alicyclic amines) is 1. The van der Waals surface area contributed by atoms with Gasteiger partial charge in [0.25, 0.3) is 5.91 Å². The van der Waals surface area contributed by atoms with Gasteiger partial charge in [0.1, 0.15) is 5.76 Å². The van der Waals surface area contributed by atoms with Gasteiger partial charge in [-0.3, -0.25) is 14.3 Å². The highest BCUT2D eigenvalue weighted by Gasteiger charge is 2.29. The molecule has 122 valence electrons. The summed E-state index contributed by atoms with van der Waals surface area (Å²) in [6, 6.07) is 3.36. The number of furan rings is 1. The molecule has 1 amide bonds. The molecule has 0 spiro atoms. The Bertz CT molecular complexity index is 724. The minimum absolute atomic E-state index is 0.232. The van der Waals surface area contributed by atoms with E-state index in [4.69, 9.17) is 9.52 Å². The monoisotopic (exact) mass is 381 g/mol. The lowest BCUT2D eigenvalue weighted by Crippen LogP contribution is -2.42. The van der Waals surface area contributed by atoms with Crippen LogP contribution in [0.5, 0.6) is 0 Å². The molecular weight excluding hydrogens is 366 g/mol. The first-order valence-electron chi connectivity index (χ1n) is 7.31. The number of carbonyl (C=O) groups excluding carboxylic acids is 1. The molecule has 0 aliphatic carbocycles. The molecule has 0 aromatic carbocycles. The summed E-state index contributed by atoms with van der Waals surface area (Å²) in [6.07, 6.45) is 4.79. The number of carboxylic acids is 1. The molecule has 3 heterocycles. The summed E-state index contributed by atoms with van der Waals surface area (Å²) >= 11 is 3.32. The average Bonchev–Trinajstić information content (AvgIpc) is 3.16. The van der Waals surface area contributed by atoms with Crippen molar-refractivity contribution < 1.29 is 19.1 Å². The average molecular weight is 382 g/mol. The number of carboxylic acid groups (broad SMARTS) is 1. The molecule has 1 aliphatic rings. The van der Waals surface area contributed by atoms with Crippen LogP contribution >= 0.6 is 15.9 Å². The Morgan fingerprint density at radius 2 is 2.26 bits per heavy atom. The lowest BCUT2D eigenvalue weighted by atomic mass is 9.98. The molecule has 0 saturated carbocycles. The molecule has 1 aliphatic heterocycles. The fourth-order valence-electron chi connectivity index (χ4n) is 2.68. The van der Waals surface area contributed by atoms with Crippen LogP contribution in [0.1, 0.15) is 29.2 Å². The van der Waals surface area contributed by atoms with Crippen LogP contribution in [0, 0.1) is 5.92 Å². The number of hydrogen-bond donors (Lipinski definition) is 1. The van der Waals surface area contributed by atoms with Crippen LogP contribution < -0.4 is 0 Å². The van der Waals surface area contributed by atoms with Crippen LogP contribution in [0.3, 0.4) is 0 Å². The lowest BCUT2D eigenvalue weighted by Gasteiger charge is -2.29. The Balaban J connectivity index is 1.67. The van der Waals surface area contributed by atoms with Crippen LogP contribution in [0.2, 0.25) is 0 Å². The zero-order valence-electron chi connectivity index (χ0n) is 12.3. The van der Waals surface area contributed by atoms with Crippen LogP contribution in [-0.4, -0.2) is 44.8 Å². The van der Waals surface area contributed by atoms with Gasteiger partial charge in [0.2, 0.25) is 0 Å². The first kappa shape index (κ1) is 15.8. The molecule has 23 heavy (non-hydrogen) atoms. The second-order valence-corrected chi connectivity index (χ2v) is 6.47. The highest BCUT2D eigenvalue weighted by atomic mass is 79.9. The molecule has 1 N–H and O–H groups in total. The normalized spacial score (nSPS) is 18.1. The Hall–Kier alpha value is -2.09. The Morgan fingerprint density at radius 1 is 1.43 bits per heavy atom. The van der Waals surface area contributed by atoms with Crippen molar-refractivity contribution >= 4 is 27.8 Å². The quantitative estimate of drug-likeness (QED) is 0.876. The summed E-state index contributed by atoms with van der Waals surface area (Å²) in [5, 5.41) is 13.2. The largest absolute Gasteiger partial charge is 0.481 e. The smallest absolute Gasteiger partial charge is 0.308 e. The molecule has 1 fully saturated rings. The van der Waals surface area contributed by atoms with Gasteiger partial charge in [0.15, 0.2) is 5.76 Å². The molecule has 2 aromatic heterocycles. The van der Waals surface area contributed by atoms with Gasteiger partial charge in [-0.25, -0.2) is 0 Å². The van der Waals surface area contributed by atoms with Gasteiger partial charge in [0.05, 0.1) is 23.1 Å². The van der Waals surface area contributed by atoms with Gasteiger partial charge in [-0.05, 0) is 40.9 Å². The van der Waals surface area contributed by atoms with Crippen molar-refractivity contribution in [3.8, 4) is 0 Å². The third kappa shape index (κ3) is 3.64. The van der Waals surface area contributed by atoms with E-state index in [2.05, 4.69) is 21.0 Å². The van der Waals surface area contributed by atoms with Crippen LogP contribution in [-0.2, 0) is 11.3 Å². The van der Waals surface area contributed by atoms with E-state index in [1.54, 1.807) is 27.9 Å². The maximum absolute atomic E-state index is 12.4. The predicted molar refractivity (Wildman–Crippen MR) is 84.0 cm³/mol. The maximum Gasteiger partial charge on any atom is 0.308 e. The number of carbonyl (C=O) groups is 2. The number of aliphatic carboxylic acids is 1. The highest BCUT2D eigenvalue weighted by molar-refractivity contribution is 9.10. The Kier molecular flexibility index (Phi) is 4.51. The second-order valence-electron chi connectivity index (χ2n) is 5.55. The van der Waals surface area contributed by atoms with E-state index in [1.165, 1.54) is 0 Å². The number of rotatable bonds is 4. The van der Waals surface area contributed by atoms with Crippen molar-refractivity contribution in [2.45, 2.75) is 19.4 Å². The fraction of sp³-hybridized carbons (Fsp3) is 0.400. The van der Waals surface area contributed by atoms with Gasteiger partial charge >= 0.3 is 5.97 Å². The minimum atomic E-state index is -0.855. The third-order valence-corrected chi connectivity index (χ3v) is 4.26. The molecule has 2 aromatic rings. The van der Waals surface area contributed by atoms with E-state index in [1.807, 2.05) is 6.20 Å². The highest BCUT2D eigenvalue weighted by Crippen LogP contribution is 2.20. The van der Waals surface area contributed by atoms with Crippen molar-refractivity contribution in [3.63, 3.8) is 0 Å². The molecule has 1 unspecified atom stereocenters. The van der Waals surface area contributed by atoms with Crippen LogP contribution in [0.15, 0.2) is 33.4 Å². The topological polar surface area (TPSA) is 88.6 Å². The van der Waals surface area contributed by atoms with Crippen LogP contribution in [0.4, 0.5) is 0 Å². The molecule has 3 rings (SSSR count). The second kappa shape index (κ2) is 6.57. The van der Waals surface area contributed by atoms with Crippen molar-refractivity contribution in [2.75, 3.05) is 13.1 Å². The number of hydrogen-bond acceptors (Lipinski definition) is 4. The first-order valence-corrected chi connectivity index (χ1v) is 8.11. The number of piperidine rings is 1. The summed E-state index contributed by atoms with van der Waals surface area (Å²) in [6.45, 7) is 1.22. The Morgan fingerprint density at radius 3 is 2.96 bits per heavy atom. The summed E-state index contributed by atoms with van der Waals surface area (Å²) in [5.41, 5.74) is 0. The van der Waals surface area contributed by atoms with Crippen molar-refractivity contribution in [2.24, 2.45) is 5.92 Å². The molecule has 0 bridgehead atoms. The summed E-state index contributed by atoms with van der Waals surface area (Å²) < 4.78 is 8.15. The standard InChI is InChI=1S/C15H16BrN3O4/c16-11-6-17-19(8-11)9-12-3-4-13(23-12)14(20)18-5-1-2-10(7-18)15(21)22/h3-4,6,8,10H,1-2,5,7,9H2,(H,21,22). The molecule has 1 atom stereocenters. The van der Waals surface area contributed by atoms with E-state index < -0.39 is 11.9 Å². The predicted octanol–water partition coefficient (Wildman–Crippen LogP) is 2.22. The number of amides is 1. The molecule has 8 heteroatoms. The van der Waals surface area contributed by atoms with Gasteiger partial charge in [-0.2, -0.15) is 5.10 Å². The minimum Gasteiger partial charge on any atom is -0.481 e. The zero-order valence-corrected chi connectivity index (χ0v) is 13.9. The molecular formula is C15H16BrN3O4. The molecule has 7 nitrogen and oxygen atoms in total. The van der Waals surface area contributed by atoms with E-state index in [9.17, 15) is 9.59 Å². The van der Waals surface area contributed by atoms with Crippen LogP contribution in [0.25, 0.3) is 0 Å².